The fourth-order valence-corrected chi connectivity index (χ4v) is 3.96. The van der Waals surface area contributed by atoms with Gasteiger partial charge in [0.2, 0.25) is 0 Å². The Morgan fingerprint density at radius 3 is 2.65 bits per heavy atom. The maximum absolute atomic E-state index is 12.2. The van der Waals surface area contributed by atoms with Crippen molar-refractivity contribution in [1.82, 2.24) is 14.3 Å². The molecule has 1 aliphatic heterocycles. The van der Waals surface area contributed by atoms with Crippen LogP contribution in [0.2, 0.25) is 0 Å². The number of nitrogens with zero attached hydrogens (tertiary/aromatic N) is 1. The van der Waals surface area contributed by atoms with Crippen molar-refractivity contribution >= 4 is 10.2 Å². The van der Waals surface area contributed by atoms with Gasteiger partial charge in [-0.25, -0.2) is 0 Å². The molecule has 1 heterocycles. The molecule has 0 aliphatic carbocycles. The molecule has 1 atom stereocenters. The van der Waals surface area contributed by atoms with Gasteiger partial charge in [0.25, 0.3) is 10.2 Å². The topological polar surface area (TPSA) is 61.4 Å². The van der Waals surface area contributed by atoms with Gasteiger partial charge in [0, 0.05) is 18.6 Å². The number of hydrogen-bond acceptors (Lipinski definition) is 3. The highest BCUT2D eigenvalue weighted by Gasteiger charge is 2.31. The first-order valence-corrected chi connectivity index (χ1v) is 7.85. The molecular weight excluding hydrogens is 238 g/mol. The van der Waals surface area contributed by atoms with E-state index in [0.29, 0.717) is 6.54 Å². The van der Waals surface area contributed by atoms with Crippen LogP contribution in [0.4, 0.5) is 0 Å². The predicted octanol–water partition coefficient (Wildman–Crippen LogP) is 0.693. The lowest BCUT2D eigenvalue weighted by Crippen LogP contribution is -2.51. The lowest BCUT2D eigenvalue weighted by atomic mass is 10.0. The summed E-state index contributed by atoms with van der Waals surface area (Å²) < 4.78 is 28.6. The zero-order valence-corrected chi connectivity index (χ0v) is 11.9. The molecular formula is C11H25N3O2S. The second-order valence-electron chi connectivity index (χ2n) is 4.93. The van der Waals surface area contributed by atoms with Crippen molar-refractivity contribution in [2.45, 2.75) is 51.6 Å². The van der Waals surface area contributed by atoms with Crippen molar-refractivity contribution in [2.75, 3.05) is 20.1 Å². The molecule has 0 bridgehead atoms. The van der Waals surface area contributed by atoms with Gasteiger partial charge in [-0.3, -0.25) is 0 Å². The summed E-state index contributed by atoms with van der Waals surface area (Å²) in [6.07, 6.45) is 3.95. The largest absolute Gasteiger partial charge is 0.320 e. The molecule has 0 aromatic heterocycles. The van der Waals surface area contributed by atoms with Crippen molar-refractivity contribution < 1.29 is 8.42 Å². The van der Waals surface area contributed by atoms with Gasteiger partial charge in [0.1, 0.15) is 0 Å². The van der Waals surface area contributed by atoms with Crippen LogP contribution in [-0.2, 0) is 10.2 Å². The summed E-state index contributed by atoms with van der Waals surface area (Å²) in [4.78, 5) is 0. The van der Waals surface area contributed by atoms with Gasteiger partial charge in [-0.2, -0.15) is 17.4 Å². The highest BCUT2D eigenvalue weighted by atomic mass is 32.2. The van der Waals surface area contributed by atoms with Crippen molar-refractivity contribution in [2.24, 2.45) is 0 Å². The Morgan fingerprint density at radius 1 is 1.35 bits per heavy atom. The minimum Gasteiger partial charge on any atom is -0.320 e. The SMILES string of the molecule is CNCCC1CCCCN1S(=O)(=O)NC(C)C. The van der Waals surface area contributed by atoms with Crippen LogP contribution in [0.3, 0.4) is 0 Å². The van der Waals surface area contributed by atoms with Gasteiger partial charge in [-0.1, -0.05) is 6.42 Å². The van der Waals surface area contributed by atoms with Crippen LogP contribution in [-0.4, -0.2) is 44.9 Å². The average Bonchev–Trinajstić information content (AvgIpc) is 2.25. The summed E-state index contributed by atoms with van der Waals surface area (Å²) in [5.74, 6) is 0. The second kappa shape index (κ2) is 6.68. The minimum atomic E-state index is -3.31. The van der Waals surface area contributed by atoms with E-state index < -0.39 is 10.2 Å². The zero-order valence-electron chi connectivity index (χ0n) is 11.1. The molecule has 0 spiro atoms. The molecule has 0 amide bonds. The summed E-state index contributed by atoms with van der Waals surface area (Å²) in [5, 5.41) is 3.09. The van der Waals surface area contributed by atoms with Gasteiger partial charge in [-0.15, -0.1) is 0 Å². The van der Waals surface area contributed by atoms with Crippen LogP contribution >= 0.6 is 0 Å². The standard InChI is InChI=1S/C11H25N3O2S/c1-10(2)13-17(15,16)14-9-5-4-6-11(14)7-8-12-3/h10-13H,4-9H2,1-3H3. The molecule has 17 heavy (non-hydrogen) atoms. The second-order valence-corrected chi connectivity index (χ2v) is 6.58. The van der Waals surface area contributed by atoms with Gasteiger partial charge in [0.15, 0.2) is 0 Å². The van der Waals surface area contributed by atoms with Gasteiger partial charge in [0.05, 0.1) is 0 Å². The van der Waals surface area contributed by atoms with E-state index in [9.17, 15) is 8.42 Å². The summed E-state index contributed by atoms with van der Waals surface area (Å²) >= 11 is 0. The molecule has 0 radical (unpaired) electrons. The summed E-state index contributed by atoms with van der Waals surface area (Å²) in [5.41, 5.74) is 0. The first kappa shape index (κ1) is 14.9. The van der Waals surface area contributed by atoms with Crippen molar-refractivity contribution in [3.8, 4) is 0 Å². The van der Waals surface area contributed by atoms with Gasteiger partial charge in [-0.05, 0) is 46.7 Å². The van der Waals surface area contributed by atoms with Crippen molar-refractivity contribution in [1.29, 1.82) is 0 Å². The van der Waals surface area contributed by atoms with E-state index in [2.05, 4.69) is 10.0 Å². The van der Waals surface area contributed by atoms with E-state index in [1.165, 1.54) is 0 Å². The Hall–Kier alpha value is -0.170. The molecule has 2 N–H and O–H groups in total. The molecule has 1 unspecified atom stereocenters. The third kappa shape index (κ3) is 4.54. The van der Waals surface area contributed by atoms with Gasteiger partial charge >= 0.3 is 0 Å². The highest BCUT2D eigenvalue weighted by Crippen LogP contribution is 2.22. The summed E-state index contributed by atoms with van der Waals surface area (Å²) in [6.45, 7) is 5.21. The molecule has 102 valence electrons. The third-order valence-electron chi connectivity index (χ3n) is 2.99. The van der Waals surface area contributed by atoms with E-state index in [0.717, 1.165) is 32.2 Å². The Morgan fingerprint density at radius 2 is 2.06 bits per heavy atom. The van der Waals surface area contributed by atoms with Crippen molar-refractivity contribution in [3.05, 3.63) is 0 Å². The fourth-order valence-electron chi connectivity index (χ4n) is 2.26. The smallest absolute Gasteiger partial charge is 0.279 e. The van der Waals surface area contributed by atoms with E-state index >= 15 is 0 Å². The first-order chi connectivity index (χ1) is 7.97. The Labute approximate surface area is 105 Å². The molecule has 0 aromatic rings. The zero-order chi connectivity index (χ0) is 12.9. The Kier molecular flexibility index (Phi) is 5.85. The van der Waals surface area contributed by atoms with E-state index in [-0.39, 0.29) is 12.1 Å². The molecule has 0 aromatic carbocycles. The molecule has 6 heteroatoms. The van der Waals surface area contributed by atoms with E-state index in [4.69, 9.17) is 0 Å². The summed E-state index contributed by atoms with van der Waals surface area (Å²) in [7, 11) is -1.41. The fraction of sp³-hybridized carbons (Fsp3) is 1.00. The average molecular weight is 263 g/mol. The van der Waals surface area contributed by atoms with E-state index in [1.54, 1.807) is 4.31 Å². The molecule has 1 saturated heterocycles. The first-order valence-electron chi connectivity index (χ1n) is 6.41. The van der Waals surface area contributed by atoms with Crippen LogP contribution in [0.5, 0.6) is 0 Å². The number of rotatable bonds is 6. The minimum absolute atomic E-state index is 0.0492. The van der Waals surface area contributed by atoms with Crippen LogP contribution in [0.1, 0.15) is 39.5 Å². The predicted molar refractivity (Wildman–Crippen MR) is 70.1 cm³/mol. The number of nitrogens with one attached hydrogen (secondary N) is 2. The Balaban J connectivity index is 2.69. The maximum atomic E-state index is 12.2. The molecule has 1 fully saturated rings. The van der Waals surface area contributed by atoms with E-state index in [1.807, 2.05) is 20.9 Å². The van der Waals surface area contributed by atoms with Crippen LogP contribution in [0, 0.1) is 0 Å². The number of piperidine rings is 1. The van der Waals surface area contributed by atoms with Gasteiger partial charge < -0.3 is 5.32 Å². The lowest BCUT2D eigenvalue weighted by Gasteiger charge is -2.35. The normalized spacial score (nSPS) is 23.2. The summed E-state index contributed by atoms with van der Waals surface area (Å²) in [6, 6.07) is 0.0966. The van der Waals surface area contributed by atoms with Crippen LogP contribution in [0.15, 0.2) is 0 Å². The maximum Gasteiger partial charge on any atom is 0.279 e. The lowest BCUT2D eigenvalue weighted by molar-refractivity contribution is 0.237. The van der Waals surface area contributed by atoms with Crippen LogP contribution < -0.4 is 10.0 Å². The quantitative estimate of drug-likeness (QED) is 0.741. The molecule has 0 saturated carbocycles. The number of hydrogen-bond donors (Lipinski definition) is 2. The molecule has 1 aliphatic rings. The van der Waals surface area contributed by atoms with Crippen molar-refractivity contribution in [3.63, 3.8) is 0 Å². The third-order valence-corrected chi connectivity index (χ3v) is 4.86. The molecule has 1 rings (SSSR count). The highest BCUT2D eigenvalue weighted by molar-refractivity contribution is 7.87. The molecule has 5 nitrogen and oxygen atoms in total. The monoisotopic (exact) mass is 263 g/mol. The van der Waals surface area contributed by atoms with Crippen LogP contribution in [0.25, 0.3) is 0 Å². The Bertz CT molecular complexity index is 317.